The lowest BCUT2D eigenvalue weighted by molar-refractivity contribution is -0.151. The summed E-state index contributed by atoms with van der Waals surface area (Å²) in [7, 11) is 0. The Morgan fingerprint density at radius 3 is 2.37 bits per heavy atom. The van der Waals surface area contributed by atoms with E-state index in [0.29, 0.717) is 45.4 Å². The summed E-state index contributed by atoms with van der Waals surface area (Å²) < 4.78 is 22.8. The number of hydrogen-bond acceptors (Lipinski definition) is 10. The molecule has 52 heavy (non-hydrogen) atoms. The second-order valence-electron chi connectivity index (χ2n) is 16.4. The number of rotatable bonds is 7. The molecule has 0 bridgehead atoms. The summed E-state index contributed by atoms with van der Waals surface area (Å²) in [6.45, 7) is 13.2. The number of allylic oxidation sites excluding steroid dienone is 2. The number of esters is 1. The Morgan fingerprint density at radius 2 is 1.71 bits per heavy atom. The number of nitrogens with zero attached hydrogens (tertiary/aromatic N) is 3. The van der Waals surface area contributed by atoms with E-state index >= 15 is 0 Å². The third-order valence-electron chi connectivity index (χ3n) is 11.7. The Bertz CT molecular complexity index is 1290. The molecule has 0 radical (unpaired) electrons. The quantitative estimate of drug-likeness (QED) is 0.118. The monoisotopic (exact) mass is 729 g/mol. The summed E-state index contributed by atoms with van der Waals surface area (Å²) in [5, 5.41) is 22.2. The van der Waals surface area contributed by atoms with E-state index in [1.165, 1.54) is 38.5 Å². The Hall–Kier alpha value is -2.93. The van der Waals surface area contributed by atoms with Crippen molar-refractivity contribution in [2.75, 3.05) is 59.1 Å². The van der Waals surface area contributed by atoms with Gasteiger partial charge in [0.05, 0.1) is 32.3 Å². The van der Waals surface area contributed by atoms with Crippen LogP contribution in [0, 0.1) is 17.3 Å². The average Bonchev–Trinajstić information content (AvgIpc) is 3.41. The fourth-order valence-corrected chi connectivity index (χ4v) is 8.09. The van der Waals surface area contributed by atoms with Gasteiger partial charge in [0.25, 0.3) is 0 Å². The first-order valence-corrected chi connectivity index (χ1v) is 19.7. The molecule has 2 amide bonds. The van der Waals surface area contributed by atoms with Crippen LogP contribution in [0.5, 0.6) is 0 Å². The molecule has 12 nitrogen and oxygen atoms in total. The van der Waals surface area contributed by atoms with E-state index in [1.54, 1.807) is 22.8 Å². The number of carbonyl (C=O) groups is 3. The van der Waals surface area contributed by atoms with E-state index in [2.05, 4.69) is 4.90 Å². The minimum atomic E-state index is -1.47. The predicted molar refractivity (Wildman–Crippen MR) is 196 cm³/mol. The molecule has 12 heteroatoms. The highest BCUT2D eigenvalue weighted by atomic mass is 16.6. The summed E-state index contributed by atoms with van der Waals surface area (Å²) in [6.07, 6.45) is 14.4. The number of amides is 2. The van der Waals surface area contributed by atoms with Gasteiger partial charge in [0.15, 0.2) is 6.10 Å². The summed E-state index contributed by atoms with van der Waals surface area (Å²) in [5.41, 5.74) is -0.585. The van der Waals surface area contributed by atoms with Gasteiger partial charge < -0.3 is 39.0 Å². The van der Waals surface area contributed by atoms with Crippen LogP contribution in [0.4, 0.5) is 9.59 Å². The molecule has 5 aliphatic rings. The van der Waals surface area contributed by atoms with Crippen LogP contribution in [0.1, 0.15) is 91.9 Å². The normalized spacial score (nSPS) is 32.7. The van der Waals surface area contributed by atoms with Crippen molar-refractivity contribution < 1.29 is 43.5 Å². The molecule has 0 aromatic carbocycles. The Balaban J connectivity index is 1.18. The van der Waals surface area contributed by atoms with E-state index in [1.807, 2.05) is 45.1 Å². The van der Waals surface area contributed by atoms with Gasteiger partial charge in [-0.05, 0) is 57.6 Å². The number of ether oxygens (including phenoxy) is 4. The van der Waals surface area contributed by atoms with Crippen LogP contribution in [0.15, 0.2) is 36.0 Å². The smallest absolute Gasteiger partial charge is 0.410 e. The van der Waals surface area contributed by atoms with Crippen LogP contribution < -0.4 is 0 Å². The van der Waals surface area contributed by atoms with Gasteiger partial charge in [-0.2, -0.15) is 0 Å². The number of aliphatic hydroxyl groups excluding tert-OH is 1. The van der Waals surface area contributed by atoms with Crippen molar-refractivity contribution in [1.82, 2.24) is 14.7 Å². The van der Waals surface area contributed by atoms with Crippen LogP contribution in [0.25, 0.3) is 0 Å². The fraction of sp³-hybridized carbons (Fsp3) is 0.775. The van der Waals surface area contributed by atoms with Crippen molar-refractivity contribution in [1.29, 1.82) is 0 Å². The van der Waals surface area contributed by atoms with Gasteiger partial charge in [-0.1, -0.05) is 63.8 Å². The molecule has 292 valence electrons. The summed E-state index contributed by atoms with van der Waals surface area (Å²) in [5.74, 6) is -0.910. The first kappa shape index (κ1) is 40.3. The minimum absolute atomic E-state index is 0.0413. The van der Waals surface area contributed by atoms with Crippen molar-refractivity contribution >= 4 is 18.2 Å². The van der Waals surface area contributed by atoms with Gasteiger partial charge >= 0.3 is 18.2 Å². The second-order valence-corrected chi connectivity index (χ2v) is 16.4. The van der Waals surface area contributed by atoms with Crippen molar-refractivity contribution in [3.8, 4) is 0 Å². The maximum atomic E-state index is 13.5. The lowest BCUT2D eigenvalue weighted by Crippen LogP contribution is -2.53. The molecular weight excluding hydrogens is 666 g/mol. The average molecular weight is 730 g/mol. The van der Waals surface area contributed by atoms with E-state index in [4.69, 9.17) is 18.9 Å². The van der Waals surface area contributed by atoms with Gasteiger partial charge in [-0.3, -0.25) is 9.69 Å². The number of cyclic esters (lactones) is 1. The molecule has 1 saturated carbocycles. The number of likely N-dealkylation sites (tertiary alicyclic amines) is 1. The van der Waals surface area contributed by atoms with Crippen LogP contribution >= 0.6 is 0 Å². The highest BCUT2D eigenvalue weighted by molar-refractivity contribution is 5.70. The van der Waals surface area contributed by atoms with E-state index in [-0.39, 0.29) is 49.2 Å². The van der Waals surface area contributed by atoms with Crippen LogP contribution in [-0.2, 0) is 23.7 Å². The summed E-state index contributed by atoms with van der Waals surface area (Å²) in [4.78, 5) is 45.0. The van der Waals surface area contributed by atoms with E-state index in [0.717, 1.165) is 25.1 Å². The second kappa shape index (κ2) is 18.4. The third-order valence-corrected chi connectivity index (χ3v) is 11.7. The van der Waals surface area contributed by atoms with E-state index in [9.17, 15) is 24.6 Å². The molecule has 5 rings (SSSR count). The molecule has 2 N–H and O–H groups in total. The standard InChI is InChI=1S/C40H63N3O9/c1-29(25-50-37(46)43-19-18-40(26-43)27-49-28-40)10-9-11-30(2)36-31(3)14-15-34(39(4,48)17-16-33(44)24-35(45)52-36)51-38(47)42-22-20-41(21-23-42)32-12-7-5-6-8-13-32/h9-11,14-15,29,31-34,36,44,48H,5-8,12-13,16-28H2,1-4H3/b10-9+,15-14+,30-11+/t29?,31-,33-,34-,36+,39-/m0/s1. The molecule has 0 aromatic heterocycles. The maximum Gasteiger partial charge on any atom is 0.410 e. The van der Waals surface area contributed by atoms with Gasteiger partial charge in [0.2, 0.25) is 0 Å². The topological polar surface area (TPSA) is 138 Å². The zero-order valence-electron chi connectivity index (χ0n) is 31.9. The lowest BCUT2D eigenvalue weighted by Gasteiger charge is -2.40. The van der Waals surface area contributed by atoms with Crippen molar-refractivity contribution in [2.24, 2.45) is 17.3 Å². The molecule has 4 heterocycles. The fourth-order valence-electron chi connectivity index (χ4n) is 8.09. The number of carbonyl (C=O) groups excluding carboxylic acids is 3. The number of hydrogen-bond donors (Lipinski definition) is 2. The maximum absolute atomic E-state index is 13.5. The molecular formula is C40H63N3O9. The zero-order valence-corrected chi connectivity index (χ0v) is 31.9. The predicted octanol–water partition coefficient (Wildman–Crippen LogP) is 5.23. The summed E-state index contributed by atoms with van der Waals surface area (Å²) >= 11 is 0. The molecule has 4 fully saturated rings. The highest BCUT2D eigenvalue weighted by Crippen LogP contribution is 2.37. The Kier molecular flexibility index (Phi) is 14.2. The molecule has 6 atom stereocenters. The molecule has 1 aliphatic carbocycles. The van der Waals surface area contributed by atoms with Crippen molar-refractivity contribution in [2.45, 2.75) is 122 Å². The molecule has 3 saturated heterocycles. The zero-order chi connectivity index (χ0) is 37.3. The number of piperazine rings is 1. The van der Waals surface area contributed by atoms with Crippen LogP contribution in [0.3, 0.4) is 0 Å². The first-order valence-electron chi connectivity index (χ1n) is 19.7. The van der Waals surface area contributed by atoms with Gasteiger partial charge in [0, 0.05) is 62.6 Å². The van der Waals surface area contributed by atoms with E-state index < -0.39 is 36.0 Å². The Labute approximate surface area is 310 Å². The largest absolute Gasteiger partial charge is 0.457 e. The lowest BCUT2D eigenvalue weighted by atomic mass is 9.85. The highest BCUT2D eigenvalue weighted by Gasteiger charge is 2.46. The summed E-state index contributed by atoms with van der Waals surface area (Å²) in [6, 6.07) is 0.586. The van der Waals surface area contributed by atoms with Crippen LogP contribution in [-0.4, -0.2) is 132 Å². The van der Waals surface area contributed by atoms with Crippen molar-refractivity contribution in [3.05, 3.63) is 36.0 Å². The molecule has 4 aliphatic heterocycles. The van der Waals surface area contributed by atoms with Crippen LogP contribution in [0.2, 0.25) is 0 Å². The number of aliphatic hydroxyl groups is 2. The third kappa shape index (κ3) is 11.1. The molecule has 1 unspecified atom stereocenters. The van der Waals surface area contributed by atoms with Gasteiger partial charge in [0.1, 0.15) is 11.7 Å². The SMILES string of the molecule is C/C(=C\C=C\C(C)COC(=O)N1CCC2(COC2)C1)[C@H]1OC(=O)C[C@@H](O)CC[C@](C)(O)[C@@H](OC(=O)N2CCN(C3CCCCCC3)CC2)/C=C/[C@@H]1C. The molecule has 1 spiro atoms. The van der Waals surface area contributed by atoms with Gasteiger partial charge in [-0.15, -0.1) is 0 Å². The van der Waals surface area contributed by atoms with Crippen molar-refractivity contribution in [3.63, 3.8) is 0 Å². The first-order chi connectivity index (χ1) is 24.8. The van der Waals surface area contributed by atoms with Gasteiger partial charge in [-0.25, -0.2) is 9.59 Å². The minimum Gasteiger partial charge on any atom is -0.457 e. The Morgan fingerprint density at radius 1 is 1.00 bits per heavy atom. The molecule has 0 aromatic rings.